The van der Waals surface area contributed by atoms with Gasteiger partial charge in [-0.1, -0.05) is 0 Å². The highest BCUT2D eigenvalue weighted by molar-refractivity contribution is 5.19. The van der Waals surface area contributed by atoms with Crippen LogP contribution in [0, 0.1) is 11.7 Å². The lowest BCUT2D eigenvalue weighted by Crippen LogP contribution is -2.33. The average Bonchev–Trinajstić information content (AvgIpc) is 3.11. The van der Waals surface area contributed by atoms with Gasteiger partial charge in [0.15, 0.2) is 0 Å². The van der Waals surface area contributed by atoms with Crippen molar-refractivity contribution in [2.24, 2.45) is 5.92 Å². The third-order valence-electron chi connectivity index (χ3n) is 3.14. The van der Waals surface area contributed by atoms with Gasteiger partial charge >= 0.3 is 0 Å². The second-order valence-corrected chi connectivity index (χ2v) is 4.20. The molecule has 2 rings (SSSR count). The molecule has 1 fully saturated rings. The van der Waals surface area contributed by atoms with Crippen molar-refractivity contribution in [3.8, 4) is 0 Å². The van der Waals surface area contributed by atoms with Gasteiger partial charge in [0.2, 0.25) is 0 Å². The second kappa shape index (κ2) is 4.89. The molecule has 0 radical (unpaired) electrons. The van der Waals surface area contributed by atoms with Crippen LogP contribution in [0.1, 0.15) is 24.4 Å². The molecule has 0 aromatic carbocycles. The van der Waals surface area contributed by atoms with E-state index in [0.29, 0.717) is 11.5 Å². The number of nitrogens with zero attached hydrogens (tertiary/aromatic N) is 1. The van der Waals surface area contributed by atoms with Crippen LogP contribution in [0.4, 0.5) is 4.39 Å². The smallest absolute Gasteiger partial charge is 0.146 e. The summed E-state index contributed by atoms with van der Waals surface area (Å²) in [6, 6.07) is 1.62. The van der Waals surface area contributed by atoms with E-state index in [1.54, 1.807) is 19.4 Å². The first-order valence-corrected chi connectivity index (χ1v) is 5.57. The molecule has 1 aliphatic carbocycles. The van der Waals surface area contributed by atoms with Gasteiger partial charge in [-0.25, -0.2) is 4.39 Å². The lowest BCUT2D eigenvalue weighted by Gasteiger charge is -2.26. The van der Waals surface area contributed by atoms with Crippen LogP contribution < -0.4 is 5.32 Å². The van der Waals surface area contributed by atoms with Crippen molar-refractivity contribution in [1.29, 1.82) is 0 Å². The van der Waals surface area contributed by atoms with E-state index in [-0.39, 0.29) is 18.0 Å². The van der Waals surface area contributed by atoms with Gasteiger partial charge in [0.25, 0.3) is 0 Å². The van der Waals surface area contributed by atoms with Gasteiger partial charge in [-0.2, -0.15) is 0 Å². The van der Waals surface area contributed by atoms with Gasteiger partial charge in [-0.15, -0.1) is 0 Å². The minimum atomic E-state index is -0.274. The number of methoxy groups -OCH3 is 1. The number of ether oxygens (including phenoxy) is 1. The lowest BCUT2D eigenvalue weighted by molar-refractivity contribution is 0.0519. The number of likely N-dealkylation sites (N-methyl/N-ethyl adjacent to an activating group) is 1. The molecule has 1 N–H and O–H groups in total. The fourth-order valence-electron chi connectivity index (χ4n) is 2.16. The predicted octanol–water partition coefficient (Wildman–Crippen LogP) is 1.91. The largest absolute Gasteiger partial charge is 0.379 e. The molecule has 0 saturated heterocycles. The maximum absolute atomic E-state index is 13.6. The zero-order valence-electron chi connectivity index (χ0n) is 9.61. The first-order chi connectivity index (χ1) is 7.77. The van der Waals surface area contributed by atoms with Gasteiger partial charge in [0, 0.05) is 18.9 Å². The fraction of sp³-hybridized carbons (Fsp3) is 0.583. The SMILES string of the molecule is CNC(c1ccncc1F)C(OC)C1CC1. The highest BCUT2D eigenvalue weighted by Gasteiger charge is 2.37. The van der Waals surface area contributed by atoms with Crippen LogP contribution in [0.15, 0.2) is 18.5 Å². The molecule has 3 nitrogen and oxygen atoms in total. The summed E-state index contributed by atoms with van der Waals surface area (Å²) in [6.45, 7) is 0. The minimum Gasteiger partial charge on any atom is -0.379 e. The first-order valence-electron chi connectivity index (χ1n) is 5.57. The van der Waals surface area contributed by atoms with E-state index >= 15 is 0 Å². The standard InChI is InChI=1S/C12H17FN2O/c1-14-11(12(16-2)8-3-4-8)9-5-6-15-7-10(9)13/h5-8,11-12,14H,3-4H2,1-2H3. The Balaban J connectivity index is 2.23. The molecule has 1 saturated carbocycles. The molecule has 1 heterocycles. The van der Waals surface area contributed by atoms with E-state index in [1.807, 2.05) is 7.05 Å². The maximum atomic E-state index is 13.6. The van der Waals surface area contributed by atoms with Crippen LogP contribution in [0.3, 0.4) is 0 Å². The number of pyridine rings is 1. The van der Waals surface area contributed by atoms with Crippen LogP contribution in [-0.2, 0) is 4.74 Å². The van der Waals surface area contributed by atoms with Crippen molar-refractivity contribution in [3.05, 3.63) is 29.8 Å². The van der Waals surface area contributed by atoms with Gasteiger partial charge in [-0.05, 0) is 31.9 Å². The number of halogens is 1. The number of hydrogen-bond acceptors (Lipinski definition) is 3. The topological polar surface area (TPSA) is 34.2 Å². The van der Waals surface area contributed by atoms with Crippen LogP contribution in [0.5, 0.6) is 0 Å². The van der Waals surface area contributed by atoms with Crippen LogP contribution in [0.2, 0.25) is 0 Å². The Bertz CT molecular complexity index is 355. The third kappa shape index (κ3) is 2.23. The molecule has 2 unspecified atom stereocenters. The molecule has 0 bridgehead atoms. The first kappa shape index (κ1) is 11.5. The molecular weight excluding hydrogens is 207 g/mol. The molecule has 0 amide bonds. The van der Waals surface area contributed by atoms with E-state index in [2.05, 4.69) is 10.3 Å². The molecule has 1 aliphatic rings. The van der Waals surface area contributed by atoms with Crippen molar-refractivity contribution in [2.75, 3.05) is 14.2 Å². The van der Waals surface area contributed by atoms with E-state index in [9.17, 15) is 4.39 Å². The number of rotatable bonds is 5. The van der Waals surface area contributed by atoms with E-state index in [4.69, 9.17) is 4.74 Å². The summed E-state index contributed by atoms with van der Waals surface area (Å²) in [5.41, 5.74) is 0.635. The summed E-state index contributed by atoms with van der Waals surface area (Å²) in [4.78, 5) is 3.76. The van der Waals surface area contributed by atoms with E-state index < -0.39 is 0 Å². The molecule has 0 spiro atoms. The van der Waals surface area contributed by atoms with E-state index in [1.165, 1.54) is 19.0 Å². The Hall–Kier alpha value is -1.00. The van der Waals surface area contributed by atoms with Crippen molar-refractivity contribution in [2.45, 2.75) is 25.0 Å². The highest BCUT2D eigenvalue weighted by Crippen LogP contribution is 2.39. The lowest BCUT2D eigenvalue weighted by atomic mass is 9.99. The fourth-order valence-corrected chi connectivity index (χ4v) is 2.16. The molecule has 1 aromatic rings. The Morgan fingerprint density at radius 2 is 2.31 bits per heavy atom. The van der Waals surface area contributed by atoms with E-state index in [0.717, 1.165) is 0 Å². The van der Waals surface area contributed by atoms with Crippen LogP contribution in [-0.4, -0.2) is 25.2 Å². The molecule has 4 heteroatoms. The quantitative estimate of drug-likeness (QED) is 0.829. The van der Waals surface area contributed by atoms with Gasteiger partial charge in [-0.3, -0.25) is 4.98 Å². The van der Waals surface area contributed by atoms with Gasteiger partial charge < -0.3 is 10.1 Å². The minimum absolute atomic E-state index is 0.0434. The Morgan fingerprint density at radius 1 is 1.56 bits per heavy atom. The van der Waals surface area contributed by atoms with Crippen LogP contribution >= 0.6 is 0 Å². The Morgan fingerprint density at radius 3 is 2.81 bits per heavy atom. The summed E-state index contributed by atoms with van der Waals surface area (Å²) in [5.74, 6) is 0.277. The highest BCUT2D eigenvalue weighted by atomic mass is 19.1. The monoisotopic (exact) mass is 224 g/mol. The van der Waals surface area contributed by atoms with Crippen molar-refractivity contribution >= 4 is 0 Å². The number of nitrogens with one attached hydrogen (secondary N) is 1. The molecule has 0 aliphatic heterocycles. The van der Waals surface area contributed by atoms with Crippen molar-refractivity contribution in [1.82, 2.24) is 10.3 Å². The summed E-state index contributed by atoms with van der Waals surface area (Å²) in [7, 11) is 3.52. The Labute approximate surface area is 95.0 Å². The Kier molecular flexibility index (Phi) is 3.51. The van der Waals surface area contributed by atoms with Gasteiger partial charge in [0.05, 0.1) is 18.3 Å². The summed E-state index contributed by atoms with van der Waals surface area (Å²) in [5, 5.41) is 3.14. The maximum Gasteiger partial charge on any atom is 0.146 e. The van der Waals surface area contributed by atoms with Crippen molar-refractivity contribution in [3.63, 3.8) is 0 Å². The third-order valence-corrected chi connectivity index (χ3v) is 3.14. The van der Waals surface area contributed by atoms with Crippen LogP contribution in [0.25, 0.3) is 0 Å². The zero-order chi connectivity index (χ0) is 11.5. The summed E-state index contributed by atoms with van der Waals surface area (Å²) in [6.07, 6.45) is 5.25. The summed E-state index contributed by atoms with van der Waals surface area (Å²) >= 11 is 0. The number of aromatic nitrogens is 1. The molecule has 1 aromatic heterocycles. The summed E-state index contributed by atoms with van der Waals surface area (Å²) < 4.78 is 19.1. The average molecular weight is 224 g/mol. The zero-order valence-corrected chi connectivity index (χ0v) is 9.61. The van der Waals surface area contributed by atoms with Crippen molar-refractivity contribution < 1.29 is 9.13 Å². The molecule has 16 heavy (non-hydrogen) atoms. The van der Waals surface area contributed by atoms with Gasteiger partial charge in [0.1, 0.15) is 5.82 Å². The predicted molar refractivity (Wildman–Crippen MR) is 59.5 cm³/mol. The molecule has 2 atom stereocenters. The molecule has 88 valence electrons. The molecular formula is C12H17FN2O. The second-order valence-electron chi connectivity index (χ2n) is 4.20. The normalized spacial score (nSPS) is 19.4. The number of hydrogen-bond donors (Lipinski definition) is 1.